The van der Waals surface area contributed by atoms with E-state index in [2.05, 4.69) is 43.8 Å². The zero-order valence-electron chi connectivity index (χ0n) is 8.74. The van der Waals surface area contributed by atoms with Crippen LogP contribution >= 0.6 is 49.9 Å². The molecule has 2 rings (SSSR count). The molecule has 2 aromatic rings. The Morgan fingerprint density at radius 3 is 2.94 bits per heavy atom. The Kier molecular flexibility index (Phi) is 4.58. The monoisotopic (exact) mass is 421 g/mol. The molecule has 0 aliphatic heterocycles. The molecule has 1 amide bonds. The van der Waals surface area contributed by atoms with E-state index in [9.17, 15) is 4.79 Å². The lowest BCUT2D eigenvalue weighted by Crippen LogP contribution is -2.23. The molecule has 1 aromatic heterocycles. The molecule has 1 heterocycles. The van der Waals surface area contributed by atoms with Crippen LogP contribution in [0.1, 0.15) is 15.9 Å². The number of halogens is 2. The molecule has 0 saturated carbocycles. The average Bonchev–Trinajstić information content (AvgIpc) is 2.82. The number of carbonyl (C=O) groups is 1. The van der Waals surface area contributed by atoms with E-state index in [1.165, 1.54) is 0 Å². The Labute approximate surface area is 126 Å². The van der Waals surface area contributed by atoms with Gasteiger partial charge in [0.15, 0.2) is 0 Å². The minimum atomic E-state index is -0.0541. The molecule has 0 aliphatic carbocycles. The number of amides is 1. The van der Waals surface area contributed by atoms with Crippen molar-refractivity contribution >= 4 is 55.8 Å². The summed E-state index contributed by atoms with van der Waals surface area (Å²) in [5.41, 5.74) is 1.80. The van der Waals surface area contributed by atoms with Crippen LogP contribution in [0, 0.1) is 3.57 Å². The van der Waals surface area contributed by atoms with Crippen molar-refractivity contribution in [2.75, 3.05) is 0 Å². The smallest absolute Gasteiger partial charge is 0.252 e. The van der Waals surface area contributed by atoms with Crippen molar-refractivity contribution in [2.24, 2.45) is 0 Å². The van der Waals surface area contributed by atoms with Gasteiger partial charge in [-0.05, 0) is 79.1 Å². The summed E-state index contributed by atoms with van der Waals surface area (Å²) in [5, 5.41) is 6.94. The molecule has 0 spiro atoms. The molecule has 0 unspecified atom stereocenters. The molecule has 2 nitrogen and oxygen atoms in total. The fraction of sp³-hybridized carbons (Fsp3) is 0.0833. The standard InChI is InChI=1S/C12H9BrINOS/c13-11-2-1-9(14)5-10(11)12(16)15-6-8-3-4-17-7-8/h1-5,7H,6H2,(H,15,16). The molecular formula is C12H9BrINOS. The number of benzene rings is 1. The van der Waals surface area contributed by atoms with Gasteiger partial charge in [-0.15, -0.1) is 0 Å². The lowest BCUT2D eigenvalue weighted by Gasteiger charge is -2.06. The summed E-state index contributed by atoms with van der Waals surface area (Å²) in [7, 11) is 0. The summed E-state index contributed by atoms with van der Waals surface area (Å²) in [4.78, 5) is 12.0. The molecule has 1 N–H and O–H groups in total. The Morgan fingerprint density at radius 2 is 2.24 bits per heavy atom. The quantitative estimate of drug-likeness (QED) is 0.744. The van der Waals surface area contributed by atoms with Crippen molar-refractivity contribution in [3.63, 3.8) is 0 Å². The van der Waals surface area contributed by atoms with Crippen molar-refractivity contribution in [3.8, 4) is 0 Å². The largest absolute Gasteiger partial charge is 0.348 e. The van der Waals surface area contributed by atoms with E-state index in [1.54, 1.807) is 11.3 Å². The third-order valence-electron chi connectivity index (χ3n) is 2.21. The second-order valence-electron chi connectivity index (χ2n) is 3.44. The van der Waals surface area contributed by atoms with E-state index < -0.39 is 0 Å². The van der Waals surface area contributed by atoms with Crippen LogP contribution in [0.4, 0.5) is 0 Å². The second kappa shape index (κ2) is 5.97. The number of nitrogens with one attached hydrogen (secondary N) is 1. The van der Waals surface area contributed by atoms with Crippen LogP contribution in [0.25, 0.3) is 0 Å². The number of hydrogen-bond donors (Lipinski definition) is 1. The van der Waals surface area contributed by atoms with Crippen LogP contribution in [0.5, 0.6) is 0 Å². The predicted molar refractivity (Wildman–Crippen MR) is 82.3 cm³/mol. The van der Waals surface area contributed by atoms with Gasteiger partial charge in [0.25, 0.3) is 5.91 Å². The number of hydrogen-bond acceptors (Lipinski definition) is 2. The first kappa shape index (κ1) is 13.0. The van der Waals surface area contributed by atoms with Gasteiger partial charge in [-0.1, -0.05) is 0 Å². The number of thiophene rings is 1. The zero-order chi connectivity index (χ0) is 12.3. The van der Waals surface area contributed by atoms with Gasteiger partial charge in [-0.25, -0.2) is 0 Å². The SMILES string of the molecule is O=C(NCc1ccsc1)c1cc(I)ccc1Br. The summed E-state index contributed by atoms with van der Waals surface area (Å²) < 4.78 is 1.87. The maximum Gasteiger partial charge on any atom is 0.252 e. The van der Waals surface area contributed by atoms with Crippen molar-refractivity contribution < 1.29 is 4.79 Å². The summed E-state index contributed by atoms with van der Waals surface area (Å²) >= 11 is 7.21. The third kappa shape index (κ3) is 3.53. The molecule has 0 saturated heterocycles. The maximum absolute atomic E-state index is 12.0. The molecule has 0 radical (unpaired) electrons. The minimum absolute atomic E-state index is 0.0541. The topological polar surface area (TPSA) is 29.1 Å². The maximum atomic E-state index is 12.0. The Hall–Kier alpha value is -0.400. The van der Waals surface area contributed by atoms with Crippen LogP contribution < -0.4 is 5.32 Å². The van der Waals surface area contributed by atoms with Crippen LogP contribution in [0.2, 0.25) is 0 Å². The molecule has 17 heavy (non-hydrogen) atoms. The molecular weight excluding hydrogens is 413 g/mol. The highest BCUT2D eigenvalue weighted by atomic mass is 127. The van der Waals surface area contributed by atoms with Crippen molar-refractivity contribution in [1.29, 1.82) is 0 Å². The van der Waals surface area contributed by atoms with E-state index in [0.29, 0.717) is 12.1 Å². The van der Waals surface area contributed by atoms with Gasteiger partial charge in [-0.2, -0.15) is 11.3 Å². The Bertz CT molecular complexity index is 527. The van der Waals surface area contributed by atoms with E-state index in [-0.39, 0.29) is 5.91 Å². The summed E-state index contributed by atoms with van der Waals surface area (Å²) in [5.74, 6) is -0.0541. The van der Waals surface area contributed by atoms with Gasteiger partial charge < -0.3 is 5.32 Å². The van der Waals surface area contributed by atoms with Crippen LogP contribution in [-0.4, -0.2) is 5.91 Å². The van der Waals surface area contributed by atoms with Gasteiger partial charge in [0, 0.05) is 14.6 Å². The van der Waals surface area contributed by atoms with Crippen LogP contribution in [0.15, 0.2) is 39.5 Å². The van der Waals surface area contributed by atoms with Gasteiger partial charge in [0.05, 0.1) is 5.56 Å². The van der Waals surface area contributed by atoms with Crippen LogP contribution in [0.3, 0.4) is 0 Å². The first-order valence-electron chi connectivity index (χ1n) is 4.91. The first-order valence-corrected chi connectivity index (χ1v) is 7.72. The van der Waals surface area contributed by atoms with Gasteiger partial charge in [-0.3, -0.25) is 4.79 Å². The molecule has 0 bridgehead atoms. The Balaban J connectivity index is 2.07. The average molecular weight is 422 g/mol. The van der Waals surface area contributed by atoms with Gasteiger partial charge in [0.2, 0.25) is 0 Å². The molecule has 0 aliphatic rings. The van der Waals surface area contributed by atoms with E-state index in [0.717, 1.165) is 13.6 Å². The highest BCUT2D eigenvalue weighted by Crippen LogP contribution is 2.19. The van der Waals surface area contributed by atoms with Crippen molar-refractivity contribution in [3.05, 3.63) is 54.2 Å². The van der Waals surface area contributed by atoms with Gasteiger partial charge in [0.1, 0.15) is 0 Å². The highest BCUT2D eigenvalue weighted by Gasteiger charge is 2.10. The summed E-state index contributed by atoms with van der Waals surface area (Å²) in [6.45, 7) is 0.570. The summed E-state index contributed by atoms with van der Waals surface area (Å²) in [6, 6.07) is 7.73. The minimum Gasteiger partial charge on any atom is -0.348 e. The second-order valence-corrected chi connectivity index (χ2v) is 6.32. The first-order chi connectivity index (χ1) is 8.16. The van der Waals surface area contributed by atoms with Gasteiger partial charge >= 0.3 is 0 Å². The van der Waals surface area contributed by atoms with Crippen molar-refractivity contribution in [1.82, 2.24) is 5.32 Å². The van der Waals surface area contributed by atoms with E-state index in [4.69, 9.17) is 0 Å². The normalized spacial score (nSPS) is 10.2. The van der Waals surface area contributed by atoms with Crippen LogP contribution in [-0.2, 0) is 6.54 Å². The van der Waals surface area contributed by atoms with Crippen molar-refractivity contribution in [2.45, 2.75) is 6.54 Å². The molecule has 88 valence electrons. The fourth-order valence-electron chi connectivity index (χ4n) is 1.34. The highest BCUT2D eigenvalue weighted by molar-refractivity contribution is 14.1. The zero-order valence-corrected chi connectivity index (χ0v) is 13.3. The lowest BCUT2D eigenvalue weighted by molar-refractivity contribution is 0.0950. The fourth-order valence-corrected chi connectivity index (χ4v) is 2.93. The number of rotatable bonds is 3. The molecule has 0 atom stereocenters. The number of carbonyl (C=O) groups excluding carboxylic acids is 1. The molecule has 5 heteroatoms. The third-order valence-corrected chi connectivity index (χ3v) is 4.30. The predicted octanol–water partition coefficient (Wildman–Crippen LogP) is 4.05. The summed E-state index contributed by atoms with van der Waals surface area (Å²) in [6.07, 6.45) is 0. The van der Waals surface area contributed by atoms with E-state index >= 15 is 0 Å². The molecule has 1 aromatic carbocycles. The lowest BCUT2D eigenvalue weighted by atomic mass is 10.2. The van der Waals surface area contributed by atoms with E-state index in [1.807, 2.05) is 35.0 Å². The Morgan fingerprint density at radius 1 is 1.41 bits per heavy atom. The molecule has 0 fully saturated rings.